The Bertz CT molecular complexity index is 547. The van der Waals surface area contributed by atoms with Gasteiger partial charge in [0.1, 0.15) is 5.69 Å². The Kier molecular flexibility index (Phi) is 3.62. The standard InChI is InChI=1S/C12H13ClN4O/c1-7(2)10-5-11(17-16-10)15-12(18)9-4-3-8(13)6-14-9/h3-7H,1-2H3,(H2,15,16,17,18). The van der Waals surface area contributed by atoms with E-state index in [1.54, 1.807) is 18.2 Å². The Labute approximate surface area is 110 Å². The van der Waals surface area contributed by atoms with Gasteiger partial charge in [0.2, 0.25) is 0 Å². The van der Waals surface area contributed by atoms with Crippen LogP contribution in [0.2, 0.25) is 5.02 Å². The summed E-state index contributed by atoms with van der Waals surface area (Å²) in [5.41, 5.74) is 1.27. The summed E-state index contributed by atoms with van der Waals surface area (Å²) < 4.78 is 0. The number of rotatable bonds is 3. The van der Waals surface area contributed by atoms with Crippen molar-refractivity contribution in [2.24, 2.45) is 0 Å². The molecule has 0 aliphatic rings. The lowest BCUT2D eigenvalue weighted by atomic mass is 10.1. The molecule has 5 nitrogen and oxygen atoms in total. The SMILES string of the molecule is CC(C)c1cc(NC(=O)c2ccc(Cl)cn2)n[nH]1. The molecule has 2 heterocycles. The van der Waals surface area contributed by atoms with Crippen LogP contribution < -0.4 is 5.32 Å². The maximum atomic E-state index is 11.8. The molecule has 2 aromatic heterocycles. The third-order valence-corrected chi connectivity index (χ3v) is 2.64. The first-order chi connectivity index (χ1) is 8.56. The number of carbonyl (C=O) groups is 1. The molecule has 2 rings (SSSR count). The number of hydrogen-bond donors (Lipinski definition) is 2. The summed E-state index contributed by atoms with van der Waals surface area (Å²) >= 11 is 5.70. The van der Waals surface area contributed by atoms with Gasteiger partial charge in [0, 0.05) is 18.0 Å². The van der Waals surface area contributed by atoms with E-state index in [1.165, 1.54) is 6.20 Å². The summed E-state index contributed by atoms with van der Waals surface area (Å²) in [7, 11) is 0. The fourth-order valence-corrected chi connectivity index (χ4v) is 1.50. The Balaban J connectivity index is 2.08. The van der Waals surface area contributed by atoms with Gasteiger partial charge in [-0.3, -0.25) is 9.89 Å². The number of nitrogens with one attached hydrogen (secondary N) is 2. The van der Waals surface area contributed by atoms with Crippen LogP contribution in [0.5, 0.6) is 0 Å². The number of pyridine rings is 1. The van der Waals surface area contributed by atoms with E-state index in [0.29, 0.717) is 22.5 Å². The lowest BCUT2D eigenvalue weighted by molar-refractivity contribution is 0.102. The molecule has 0 saturated carbocycles. The molecule has 0 aliphatic heterocycles. The summed E-state index contributed by atoms with van der Waals surface area (Å²) in [5.74, 6) is 0.505. The lowest BCUT2D eigenvalue weighted by Crippen LogP contribution is -2.13. The fourth-order valence-electron chi connectivity index (χ4n) is 1.39. The summed E-state index contributed by atoms with van der Waals surface area (Å²) in [5, 5.41) is 10.0. The zero-order valence-corrected chi connectivity index (χ0v) is 10.8. The summed E-state index contributed by atoms with van der Waals surface area (Å²) in [4.78, 5) is 15.8. The molecule has 0 bridgehead atoms. The molecule has 0 aliphatic carbocycles. The second kappa shape index (κ2) is 5.18. The van der Waals surface area contributed by atoms with Gasteiger partial charge in [-0.15, -0.1) is 0 Å². The quantitative estimate of drug-likeness (QED) is 0.895. The molecule has 0 unspecified atom stereocenters. The second-order valence-electron chi connectivity index (χ2n) is 4.18. The number of H-pyrrole nitrogens is 1. The van der Waals surface area contributed by atoms with Crippen molar-refractivity contribution in [2.75, 3.05) is 5.32 Å². The third-order valence-electron chi connectivity index (χ3n) is 2.42. The fraction of sp³-hybridized carbons (Fsp3) is 0.250. The van der Waals surface area contributed by atoms with Crippen LogP contribution in [0.4, 0.5) is 5.82 Å². The van der Waals surface area contributed by atoms with E-state index in [4.69, 9.17) is 11.6 Å². The van der Waals surface area contributed by atoms with Gasteiger partial charge in [0.05, 0.1) is 5.02 Å². The first-order valence-electron chi connectivity index (χ1n) is 5.54. The topological polar surface area (TPSA) is 70.7 Å². The normalized spacial score (nSPS) is 10.7. The molecule has 18 heavy (non-hydrogen) atoms. The lowest BCUT2D eigenvalue weighted by Gasteiger charge is -2.00. The molecule has 0 spiro atoms. The highest BCUT2D eigenvalue weighted by Gasteiger charge is 2.10. The Hall–Kier alpha value is -1.88. The van der Waals surface area contributed by atoms with Gasteiger partial charge in [-0.05, 0) is 18.1 Å². The molecule has 94 valence electrons. The van der Waals surface area contributed by atoms with Crippen molar-refractivity contribution in [3.63, 3.8) is 0 Å². The van der Waals surface area contributed by atoms with Gasteiger partial charge in [-0.25, -0.2) is 4.98 Å². The summed E-state index contributed by atoms with van der Waals surface area (Å²) in [6, 6.07) is 4.99. The maximum Gasteiger partial charge on any atom is 0.275 e. The van der Waals surface area contributed by atoms with Crippen LogP contribution in [0, 0.1) is 0 Å². The van der Waals surface area contributed by atoms with Crippen molar-refractivity contribution in [1.29, 1.82) is 0 Å². The van der Waals surface area contributed by atoms with E-state index in [2.05, 4.69) is 20.5 Å². The zero-order chi connectivity index (χ0) is 13.1. The van der Waals surface area contributed by atoms with Crippen LogP contribution in [0.1, 0.15) is 35.9 Å². The monoisotopic (exact) mass is 264 g/mol. The smallest absolute Gasteiger partial charge is 0.275 e. The molecular formula is C12H13ClN4O. The number of aromatic amines is 1. The first kappa shape index (κ1) is 12.6. The van der Waals surface area contributed by atoms with E-state index < -0.39 is 0 Å². The largest absolute Gasteiger partial charge is 0.304 e. The van der Waals surface area contributed by atoms with Gasteiger partial charge in [-0.2, -0.15) is 5.10 Å². The molecule has 0 aromatic carbocycles. The van der Waals surface area contributed by atoms with E-state index in [-0.39, 0.29) is 5.91 Å². The minimum Gasteiger partial charge on any atom is -0.304 e. The molecule has 2 aromatic rings. The molecule has 2 N–H and O–H groups in total. The average molecular weight is 265 g/mol. The number of carbonyl (C=O) groups excluding carboxylic acids is 1. The van der Waals surface area contributed by atoms with E-state index >= 15 is 0 Å². The maximum absolute atomic E-state index is 11.8. The number of anilines is 1. The van der Waals surface area contributed by atoms with Crippen LogP contribution in [-0.4, -0.2) is 21.1 Å². The summed E-state index contributed by atoms with van der Waals surface area (Å²) in [6.07, 6.45) is 1.43. The van der Waals surface area contributed by atoms with Gasteiger partial charge in [0.15, 0.2) is 5.82 Å². The van der Waals surface area contributed by atoms with Crippen LogP contribution >= 0.6 is 11.6 Å². The van der Waals surface area contributed by atoms with Crippen molar-refractivity contribution < 1.29 is 4.79 Å². The number of amides is 1. The van der Waals surface area contributed by atoms with Gasteiger partial charge < -0.3 is 5.32 Å². The third kappa shape index (κ3) is 2.87. The second-order valence-corrected chi connectivity index (χ2v) is 4.62. The Morgan fingerprint density at radius 3 is 2.78 bits per heavy atom. The Morgan fingerprint density at radius 2 is 2.22 bits per heavy atom. The van der Waals surface area contributed by atoms with Crippen LogP contribution in [0.3, 0.4) is 0 Å². The van der Waals surface area contributed by atoms with Crippen molar-refractivity contribution in [1.82, 2.24) is 15.2 Å². The van der Waals surface area contributed by atoms with Crippen LogP contribution in [-0.2, 0) is 0 Å². The molecule has 0 radical (unpaired) electrons. The predicted octanol–water partition coefficient (Wildman–Crippen LogP) is 2.83. The number of halogens is 1. The minimum atomic E-state index is -0.312. The van der Waals surface area contributed by atoms with Gasteiger partial charge >= 0.3 is 0 Å². The number of aromatic nitrogens is 3. The highest BCUT2D eigenvalue weighted by molar-refractivity contribution is 6.30. The number of nitrogens with zero attached hydrogens (tertiary/aromatic N) is 2. The van der Waals surface area contributed by atoms with Crippen molar-refractivity contribution in [3.05, 3.63) is 40.8 Å². The minimum absolute atomic E-state index is 0.300. The van der Waals surface area contributed by atoms with Crippen molar-refractivity contribution in [3.8, 4) is 0 Å². The number of hydrogen-bond acceptors (Lipinski definition) is 3. The van der Waals surface area contributed by atoms with E-state index in [0.717, 1.165) is 5.69 Å². The molecule has 0 fully saturated rings. The molecule has 0 atom stereocenters. The summed E-state index contributed by atoms with van der Waals surface area (Å²) in [6.45, 7) is 4.08. The highest BCUT2D eigenvalue weighted by Crippen LogP contribution is 2.15. The van der Waals surface area contributed by atoms with Crippen molar-refractivity contribution in [2.45, 2.75) is 19.8 Å². The molecule has 0 saturated heterocycles. The average Bonchev–Trinajstić information content (AvgIpc) is 2.78. The van der Waals surface area contributed by atoms with Gasteiger partial charge in [0.25, 0.3) is 5.91 Å². The predicted molar refractivity (Wildman–Crippen MR) is 69.9 cm³/mol. The molecule has 1 amide bonds. The van der Waals surface area contributed by atoms with Crippen LogP contribution in [0.15, 0.2) is 24.4 Å². The van der Waals surface area contributed by atoms with E-state index in [9.17, 15) is 4.79 Å². The molecule has 6 heteroatoms. The molecular weight excluding hydrogens is 252 g/mol. The Morgan fingerprint density at radius 1 is 1.44 bits per heavy atom. The zero-order valence-electron chi connectivity index (χ0n) is 10.1. The van der Waals surface area contributed by atoms with Crippen molar-refractivity contribution >= 4 is 23.3 Å². The van der Waals surface area contributed by atoms with E-state index in [1.807, 2.05) is 13.8 Å². The first-order valence-corrected chi connectivity index (χ1v) is 5.92. The highest BCUT2D eigenvalue weighted by atomic mass is 35.5. The van der Waals surface area contributed by atoms with Gasteiger partial charge in [-0.1, -0.05) is 25.4 Å². The van der Waals surface area contributed by atoms with Crippen LogP contribution in [0.25, 0.3) is 0 Å².